The van der Waals surface area contributed by atoms with E-state index in [1.807, 2.05) is 24.9 Å². The Morgan fingerprint density at radius 3 is 2.95 bits per heavy atom. The highest BCUT2D eigenvalue weighted by atomic mass is 79.9. The van der Waals surface area contributed by atoms with Gasteiger partial charge >= 0.3 is 0 Å². The number of hydrogen-bond donors (Lipinski definition) is 0. The molecule has 1 aromatic heterocycles. The normalized spacial score (nSPS) is 12.2. The largest absolute Gasteiger partial charge is 0.461 e. The van der Waals surface area contributed by atoms with E-state index in [4.69, 9.17) is 11.2 Å². The predicted molar refractivity (Wildman–Crippen MR) is 82.1 cm³/mol. The number of rotatable bonds is 5. The fourth-order valence-corrected chi connectivity index (χ4v) is 1.61. The van der Waals surface area contributed by atoms with Crippen LogP contribution in [-0.2, 0) is 0 Å². The van der Waals surface area contributed by atoms with Crippen molar-refractivity contribution in [3.8, 4) is 18.2 Å². The monoisotopic (exact) mass is 323 g/mol. The quantitative estimate of drug-likeness (QED) is 0.474. The maximum absolute atomic E-state index is 5.52. The van der Waals surface area contributed by atoms with Gasteiger partial charge in [-0.15, -0.1) is 6.42 Å². The lowest BCUT2D eigenvalue weighted by molar-refractivity contribution is 0.265. The van der Waals surface area contributed by atoms with Crippen LogP contribution in [0.1, 0.15) is 19.5 Å². The van der Waals surface area contributed by atoms with E-state index in [1.165, 1.54) is 0 Å². The second-order valence-electron chi connectivity index (χ2n) is 4.12. The summed E-state index contributed by atoms with van der Waals surface area (Å²) in [4.78, 5) is 10.7. The highest BCUT2D eigenvalue weighted by molar-refractivity contribution is 9.10. The van der Waals surface area contributed by atoms with Crippen LogP contribution in [0.2, 0.25) is 0 Å². The molecule has 4 nitrogen and oxygen atoms in total. The highest BCUT2D eigenvalue weighted by Gasteiger charge is 2.10. The van der Waals surface area contributed by atoms with Gasteiger partial charge in [0.1, 0.15) is 0 Å². The molecule has 0 aliphatic carbocycles. The van der Waals surface area contributed by atoms with Gasteiger partial charge in [0.05, 0.1) is 22.2 Å². The average molecular weight is 324 g/mol. The Labute approximate surface area is 123 Å². The first-order chi connectivity index (χ1) is 8.97. The minimum absolute atomic E-state index is 0.316. The summed E-state index contributed by atoms with van der Waals surface area (Å²) < 4.78 is 6.26. The van der Waals surface area contributed by atoms with Crippen molar-refractivity contribution >= 4 is 28.0 Å². The summed E-state index contributed by atoms with van der Waals surface area (Å²) in [5, 5.41) is 0. The molecule has 0 amide bonds. The van der Waals surface area contributed by atoms with Gasteiger partial charge in [-0.1, -0.05) is 5.92 Å². The second-order valence-corrected chi connectivity index (χ2v) is 4.98. The molecule has 0 spiro atoms. The molecule has 1 heterocycles. The van der Waals surface area contributed by atoms with Crippen LogP contribution in [0, 0.1) is 19.3 Å². The van der Waals surface area contributed by atoms with Crippen LogP contribution in [0.15, 0.2) is 15.5 Å². The van der Waals surface area contributed by atoms with Crippen LogP contribution in [0.25, 0.3) is 0 Å². The minimum atomic E-state index is -0.316. The number of aryl methyl sites for hydroxylation is 1. The number of pyridine rings is 1. The number of hydrogen-bond acceptors (Lipinski definition) is 3. The van der Waals surface area contributed by atoms with Crippen LogP contribution in [0.4, 0.5) is 5.69 Å². The fourth-order valence-electron chi connectivity index (χ4n) is 1.21. The summed E-state index contributed by atoms with van der Waals surface area (Å²) in [5.74, 6) is 2.99. The molecule has 0 aromatic carbocycles. The zero-order valence-corrected chi connectivity index (χ0v) is 13.2. The molecule has 1 atom stereocenters. The Morgan fingerprint density at radius 1 is 1.68 bits per heavy atom. The second kappa shape index (κ2) is 7.15. The first kappa shape index (κ1) is 15.5. The lowest BCUT2D eigenvalue weighted by Gasteiger charge is -2.12. The standard InChI is InChI=1S/C14H18BrN3O/c1-6-10(3)19-14-12(15)8-13(11(4)17-14)16-9-18(5)7-2/h1,8-10H,7H2,2-5H3/b16-9+. The average Bonchev–Trinajstić information content (AvgIpc) is 2.40. The van der Waals surface area contributed by atoms with Crippen molar-refractivity contribution in [2.75, 3.05) is 13.6 Å². The van der Waals surface area contributed by atoms with E-state index in [0.717, 1.165) is 22.4 Å². The number of halogens is 1. The Hall–Kier alpha value is -1.54. The Kier molecular flexibility index (Phi) is 5.84. The van der Waals surface area contributed by atoms with Crippen molar-refractivity contribution in [1.29, 1.82) is 0 Å². The zero-order valence-electron chi connectivity index (χ0n) is 11.6. The SMILES string of the molecule is C#CC(C)Oc1nc(C)c(/N=C/N(C)CC)cc1Br. The van der Waals surface area contributed by atoms with Gasteiger partial charge in [0.2, 0.25) is 5.88 Å². The third-order valence-corrected chi connectivity index (χ3v) is 3.09. The van der Waals surface area contributed by atoms with Gasteiger partial charge in [-0.3, -0.25) is 0 Å². The van der Waals surface area contributed by atoms with E-state index in [-0.39, 0.29) is 6.10 Å². The molecule has 5 heteroatoms. The van der Waals surface area contributed by atoms with E-state index in [0.29, 0.717) is 5.88 Å². The summed E-state index contributed by atoms with van der Waals surface area (Å²) in [6, 6.07) is 1.88. The van der Waals surface area contributed by atoms with Crippen molar-refractivity contribution < 1.29 is 4.74 Å². The smallest absolute Gasteiger partial charge is 0.229 e. The van der Waals surface area contributed by atoms with Crippen molar-refractivity contribution in [2.45, 2.75) is 26.9 Å². The third-order valence-electron chi connectivity index (χ3n) is 2.52. The maximum atomic E-state index is 5.52. The first-order valence-electron chi connectivity index (χ1n) is 6.02. The van der Waals surface area contributed by atoms with Crippen molar-refractivity contribution in [3.05, 3.63) is 16.2 Å². The summed E-state index contributed by atoms with van der Waals surface area (Å²) in [5.41, 5.74) is 1.59. The maximum Gasteiger partial charge on any atom is 0.229 e. The first-order valence-corrected chi connectivity index (χ1v) is 6.81. The molecule has 0 N–H and O–H groups in total. The van der Waals surface area contributed by atoms with Crippen molar-refractivity contribution in [2.24, 2.45) is 4.99 Å². The Balaban J connectivity index is 2.97. The van der Waals surface area contributed by atoms with E-state index in [1.54, 1.807) is 13.3 Å². The van der Waals surface area contributed by atoms with Gasteiger partial charge in [-0.25, -0.2) is 9.98 Å². The van der Waals surface area contributed by atoms with Crippen LogP contribution < -0.4 is 4.74 Å². The zero-order chi connectivity index (χ0) is 14.4. The van der Waals surface area contributed by atoms with Gasteiger partial charge in [-0.05, 0) is 42.8 Å². The molecule has 0 aliphatic heterocycles. The molecule has 0 aliphatic rings. The molecule has 0 saturated carbocycles. The van der Waals surface area contributed by atoms with E-state index >= 15 is 0 Å². The fraction of sp³-hybridized carbons (Fsp3) is 0.429. The molecule has 1 aromatic rings. The van der Waals surface area contributed by atoms with Gasteiger partial charge in [-0.2, -0.15) is 0 Å². The van der Waals surface area contributed by atoms with E-state index < -0.39 is 0 Å². The topological polar surface area (TPSA) is 37.7 Å². The number of ether oxygens (including phenoxy) is 1. The summed E-state index contributed by atoms with van der Waals surface area (Å²) >= 11 is 3.42. The number of nitrogens with zero attached hydrogens (tertiary/aromatic N) is 3. The number of aromatic nitrogens is 1. The summed E-state index contributed by atoms with van der Waals surface area (Å²) in [6.07, 6.45) is 6.75. The predicted octanol–water partition coefficient (Wildman–Crippen LogP) is 3.16. The molecule has 1 rings (SSSR count). The minimum Gasteiger partial charge on any atom is -0.461 e. The van der Waals surface area contributed by atoms with Gasteiger partial charge < -0.3 is 9.64 Å². The lowest BCUT2D eigenvalue weighted by atomic mass is 10.3. The molecule has 102 valence electrons. The van der Waals surface area contributed by atoms with Crippen LogP contribution in [0.3, 0.4) is 0 Å². The molecule has 19 heavy (non-hydrogen) atoms. The molecule has 0 fully saturated rings. The molecule has 0 radical (unpaired) electrons. The van der Waals surface area contributed by atoms with E-state index in [2.05, 4.69) is 38.8 Å². The molecule has 1 unspecified atom stereocenters. The molecule has 0 saturated heterocycles. The Bertz CT molecular complexity index is 508. The lowest BCUT2D eigenvalue weighted by Crippen LogP contribution is -2.14. The van der Waals surface area contributed by atoms with Crippen molar-refractivity contribution in [3.63, 3.8) is 0 Å². The number of aliphatic imine (C=N–C) groups is 1. The van der Waals surface area contributed by atoms with Crippen LogP contribution >= 0.6 is 15.9 Å². The van der Waals surface area contributed by atoms with Crippen molar-refractivity contribution in [1.82, 2.24) is 9.88 Å². The summed E-state index contributed by atoms with van der Waals surface area (Å²) in [6.45, 7) is 6.65. The summed E-state index contributed by atoms with van der Waals surface area (Å²) in [7, 11) is 1.97. The Morgan fingerprint density at radius 2 is 2.37 bits per heavy atom. The van der Waals surface area contributed by atoms with E-state index in [9.17, 15) is 0 Å². The van der Waals surface area contributed by atoms with Crippen LogP contribution in [-0.4, -0.2) is 35.9 Å². The third kappa shape index (κ3) is 4.56. The molecule has 0 bridgehead atoms. The van der Waals surface area contributed by atoms with Gasteiger partial charge in [0, 0.05) is 13.6 Å². The number of terminal acetylenes is 1. The van der Waals surface area contributed by atoms with Gasteiger partial charge in [0.25, 0.3) is 0 Å². The highest BCUT2D eigenvalue weighted by Crippen LogP contribution is 2.30. The van der Waals surface area contributed by atoms with Gasteiger partial charge in [0.15, 0.2) is 6.10 Å². The molecular weight excluding hydrogens is 306 g/mol. The van der Waals surface area contributed by atoms with Crippen LogP contribution in [0.5, 0.6) is 5.88 Å². The molecular formula is C14H18BrN3O.